The quantitative estimate of drug-likeness (QED) is 0.256. The van der Waals surface area contributed by atoms with E-state index in [9.17, 15) is 0 Å². The molecule has 15 heavy (non-hydrogen) atoms. The van der Waals surface area contributed by atoms with Gasteiger partial charge in [0.1, 0.15) is 6.61 Å². The summed E-state index contributed by atoms with van der Waals surface area (Å²) in [7, 11) is 0. The second-order valence-corrected chi connectivity index (χ2v) is 4.07. The van der Waals surface area contributed by atoms with Crippen molar-refractivity contribution in [2.75, 3.05) is 39.5 Å². The molecule has 0 spiro atoms. The Bertz CT molecular complexity index is 264. The molecular weight excluding hydrogens is 307 g/mol. The lowest BCUT2D eigenvalue weighted by Crippen LogP contribution is -2.38. The molecule has 0 bridgehead atoms. The third kappa shape index (κ3) is 5.97. The molecule has 1 aliphatic heterocycles. The summed E-state index contributed by atoms with van der Waals surface area (Å²) in [5.41, 5.74) is 0. The summed E-state index contributed by atoms with van der Waals surface area (Å²) < 4.78 is 5.94. The van der Waals surface area contributed by atoms with E-state index < -0.39 is 0 Å². The van der Waals surface area contributed by atoms with Crippen molar-refractivity contribution in [2.24, 2.45) is 5.16 Å². The summed E-state index contributed by atoms with van der Waals surface area (Å²) in [6, 6.07) is 0. The molecule has 1 saturated heterocycles. The summed E-state index contributed by atoms with van der Waals surface area (Å²) in [4.78, 5) is 7.45. The first-order valence-corrected chi connectivity index (χ1v) is 5.99. The van der Waals surface area contributed by atoms with Crippen molar-refractivity contribution in [1.29, 1.82) is 0 Å². The van der Waals surface area contributed by atoms with E-state index >= 15 is 0 Å². The molecule has 0 saturated carbocycles. The number of oxime groups is 1. The number of morpholine rings is 1. The maximum atomic E-state index is 5.25. The zero-order chi connectivity index (χ0) is 10.9. The zero-order valence-electron chi connectivity index (χ0n) is 8.83. The normalized spacial score (nSPS) is 18.1. The molecule has 0 unspecified atom stereocenters. The van der Waals surface area contributed by atoms with Gasteiger partial charge in [0, 0.05) is 19.6 Å². The van der Waals surface area contributed by atoms with Crippen molar-refractivity contribution in [1.82, 2.24) is 4.90 Å². The van der Waals surface area contributed by atoms with Crippen molar-refractivity contribution >= 4 is 26.3 Å². The lowest BCUT2D eigenvalue weighted by molar-refractivity contribution is 0.0214. The van der Waals surface area contributed by atoms with Crippen molar-refractivity contribution < 1.29 is 9.57 Å². The Labute approximate surface area is 104 Å². The monoisotopic (exact) mass is 322 g/mol. The highest BCUT2D eigenvalue weighted by Crippen LogP contribution is 1.96. The highest BCUT2D eigenvalue weighted by molar-refractivity contribution is 14.1. The van der Waals surface area contributed by atoms with E-state index in [4.69, 9.17) is 9.57 Å². The molecule has 1 aliphatic rings. The van der Waals surface area contributed by atoms with E-state index in [-0.39, 0.29) is 0 Å². The molecule has 1 fully saturated rings. The molecule has 0 amide bonds. The Morgan fingerprint density at radius 2 is 2.27 bits per heavy atom. The number of rotatable bonds is 4. The van der Waals surface area contributed by atoms with Crippen LogP contribution in [-0.2, 0) is 9.57 Å². The predicted octanol–water partition coefficient (Wildman–Crippen LogP) is 1.11. The first-order chi connectivity index (χ1) is 7.33. The molecule has 1 rings (SSSR count). The van der Waals surface area contributed by atoms with E-state index in [0.717, 1.165) is 32.8 Å². The van der Waals surface area contributed by atoms with Gasteiger partial charge in [-0.25, -0.2) is 0 Å². The molecule has 0 aromatic carbocycles. The predicted molar refractivity (Wildman–Crippen MR) is 68.1 cm³/mol. The number of hydrogen-bond acceptors (Lipinski definition) is 4. The van der Waals surface area contributed by atoms with Crippen molar-refractivity contribution in [3.8, 4) is 11.8 Å². The average molecular weight is 322 g/mol. The van der Waals surface area contributed by atoms with Crippen molar-refractivity contribution in [3.63, 3.8) is 0 Å². The van der Waals surface area contributed by atoms with Gasteiger partial charge in [-0.1, -0.05) is 11.1 Å². The van der Waals surface area contributed by atoms with Crippen LogP contribution in [0, 0.1) is 11.8 Å². The highest BCUT2D eigenvalue weighted by Gasteiger charge is 2.09. The smallest absolute Gasteiger partial charge is 0.189 e. The minimum atomic E-state index is 0.609. The van der Waals surface area contributed by atoms with Crippen LogP contribution in [0.15, 0.2) is 5.16 Å². The maximum Gasteiger partial charge on any atom is 0.189 e. The minimum absolute atomic E-state index is 0.609. The first kappa shape index (κ1) is 12.7. The Morgan fingerprint density at radius 3 is 2.93 bits per heavy atom. The third-order valence-electron chi connectivity index (χ3n) is 1.98. The Hall–Kier alpha value is -0.320. The van der Waals surface area contributed by atoms with Gasteiger partial charge in [0.15, 0.2) is 3.72 Å². The third-order valence-corrected chi connectivity index (χ3v) is 2.44. The zero-order valence-corrected chi connectivity index (χ0v) is 11.0. The molecule has 0 radical (unpaired) electrons. The maximum absolute atomic E-state index is 5.25. The van der Waals surface area contributed by atoms with Crippen LogP contribution < -0.4 is 0 Å². The largest absolute Gasteiger partial charge is 0.393 e. The van der Waals surface area contributed by atoms with Gasteiger partial charge >= 0.3 is 0 Å². The standard InChI is InChI=1S/C10H15IN2O2/c1-2-3-10(11)12-15-9-6-13-4-7-14-8-5-13/h4-9H2,1H3/b12-10+. The van der Waals surface area contributed by atoms with Crippen LogP contribution in [0.3, 0.4) is 0 Å². The second kappa shape index (κ2) is 7.91. The van der Waals surface area contributed by atoms with Gasteiger partial charge in [-0.2, -0.15) is 0 Å². The van der Waals surface area contributed by atoms with E-state index in [0.29, 0.717) is 10.3 Å². The summed E-state index contributed by atoms with van der Waals surface area (Å²) in [5.74, 6) is 5.57. The molecule has 4 nitrogen and oxygen atoms in total. The van der Waals surface area contributed by atoms with Crippen LogP contribution in [-0.4, -0.2) is 48.1 Å². The van der Waals surface area contributed by atoms with Crippen LogP contribution in [0.25, 0.3) is 0 Å². The average Bonchev–Trinajstić information content (AvgIpc) is 2.26. The van der Waals surface area contributed by atoms with Crippen LogP contribution in [0.4, 0.5) is 0 Å². The van der Waals surface area contributed by atoms with Crippen LogP contribution in [0.2, 0.25) is 0 Å². The van der Waals surface area contributed by atoms with Gasteiger partial charge in [0.25, 0.3) is 0 Å². The van der Waals surface area contributed by atoms with Crippen LogP contribution in [0.5, 0.6) is 0 Å². The number of nitrogens with zero attached hydrogens (tertiary/aromatic N) is 2. The van der Waals surface area contributed by atoms with Gasteiger partial charge in [-0.3, -0.25) is 4.90 Å². The topological polar surface area (TPSA) is 34.1 Å². The molecule has 84 valence electrons. The van der Waals surface area contributed by atoms with Crippen LogP contribution >= 0.6 is 22.6 Å². The number of ether oxygens (including phenoxy) is 1. The number of hydrogen-bond donors (Lipinski definition) is 0. The van der Waals surface area contributed by atoms with Gasteiger partial charge in [0.05, 0.1) is 13.2 Å². The number of halogens is 1. The molecule has 0 aromatic rings. The lowest BCUT2D eigenvalue weighted by Gasteiger charge is -2.25. The minimum Gasteiger partial charge on any atom is -0.393 e. The second-order valence-electron chi connectivity index (χ2n) is 3.04. The van der Waals surface area contributed by atoms with E-state index in [1.54, 1.807) is 6.92 Å². The Kier molecular flexibility index (Phi) is 6.72. The molecular formula is C10H15IN2O2. The van der Waals surface area contributed by atoms with Gasteiger partial charge < -0.3 is 9.57 Å². The van der Waals surface area contributed by atoms with Crippen LogP contribution in [0.1, 0.15) is 6.92 Å². The summed E-state index contributed by atoms with van der Waals surface area (Å²) in [6.07, 6.45) is 0. The fraction of sp³-hybridized carbons (Fsp3) is 0.700. The van der Waals surface area contributed by atoms with E-state index in [1.165, 1.54) is 0 Å². The fourth-order valence-corrected chi connectivity index (χ4v) is 1.63. The molecule has 5 heteroatoms. The molecule has 0 atom stereocenters. The summed E-state index contributed by atoms with van der Waals surface area (Å²) >= 11 is 2.05. The molecule has 0 aromatic heterocycles. The first-order valence-electron chi connectivity index (χ1n) is 4.91. The lowest BCUT2D eigenvalue weighted by atomic mass is 10.4. The van der Waals surface area contributed by atoms with Crippen molar-refractivity contribution in [2.45, 2.75) is 6.92 Å². The van der Waals surface area contributed by atoms with Gasteiger partial charge in [-0.15, -0.1) is 0 Å². The summed E-state index contributed by atoms with van der Waals surface area (Å²) in [6.45, 7) is 6.90. The fourth-order valence-electron chi connectivity index (χ4n) is 1.22. The molecule has 0 N–H and O–H groups in total. The van der Waals surface area contributed by atoms with Gasteiger partial charge in [-0.05, 0) is 35.4 Å². The van der Waals surface area contributed by atoms with E-state index in [1.807, 2.05) is 0 Å². The van der Waals surface area contributed by atoms with Crippen molar-refractivity contribution in [3.05, 3.63) is 0 Å². The summed E-state index contributed by atoms with van der Waals surface area (Å²) in [5, 5.41) is 3.87. The Morgan fingerprint density at radius 1 is 1.53 bits per heavy atom. The van der Waals surface area contributed by atoms with Gasteiger partial charge in [0.2, 0.25) is 0 Å². The van der Waals surface area contributed by atoms with E-state index in [2.05, 4.69) is 44.5 Å². The SMILES string of the molecule is CC#C/C(I)=N\OCCN1CCOCC1. The molecule has 1 heterocycles. The molecule has 0 aliphatic carbocycles. The highest BCUT2D eigenvalue weighted by atomic mass is 127. The Balaban J connectivity index is 2.09.